The van der Waals surface area contributed by atoms with E-state index in [-0.39, 0.29) is 13.0 Å². The Balaban J connectivity index is 2.89. The molecule has 0 spiro atoms. The Morgan fingerprint density at radius 3 is 1.83 bits per heavy atom. The molecule has 1 aliphatic heterocycles. The van der Waals surface area contributed by atoms with Crippen molar-refractivity contribution in [1.82, 2.24) is 0 Å². The Morgan fingerprint density at radius 2 is 1.35 bits per heavy atom. The fraction of sp³-hybridized carbons (Fsp3) is 0.714. The van der Waals surface area contributed by atoms with Crippen molar-refractivity contribution < 1.29 is 42.9 Å². The van der Waals surface area contributed by atoms with Gasteiger partial charge < -0.3 is 23.7 Å². The summed E-state index contributed by atoms with van der Waals surface area (Å²) in [7, 11) is 0. The Morgan fingerprint density at radius 1 is 0.826 bits per heavy atom. The van der Waals surface area contributed by atoms with Crippen LogP contribution in [-0.4, -0.2) is 55.1 Å². The molecule has 0 bridgehead atoms. The van der Waals surface area contributed by atoms with Crippen molar-refractivity contribution in [1.29, 1.82) is 0 Å². The first-order chi connectivity index (χ1) is 10.7. The maximum absolute atomic E-state index is 11.2. The highest BCUT2D eigenvalue weighted by atomic mass is 16.7. The smallest absolute Gasteiger partial charge is 0.305 e. The van der Waals surface area contributed by atoms with Crippen LogP contribution in [0.15, 0.2) is 0 Å². The average molecular weight is 332 g/mol. The van der Waals surface area contributed by atoms with Crippen molar-refractivity contribution in [3.8, 4) is 0 Å². The molecule has 1 aliphatic rings. The zero-order chi connectivity index (χ0) is 17.6. The molecule has 1 saturated heterocycles. The second kappa shape index (κ2) is 8.47. The van der Waals surface area contributed by atoms with E-state index < -0.39 is 48.5 Å². The van der Waals surface area contributed by atoms with Gasteiger partial charge in [-0.15, -0.1) is 0 Å². The molecule has 1 heterocycles. The van der Waals surface area contributed by atoms with Gasteiger partial charge in [0.1, 0.15) is 18.8 Å². The van der Waals surface area contributed by atoms with E-state index in [0.717, 1.165) is 0 Å². The summed E-state index contributed by atoms with van der Waals surface area (Å²) in [4.78, 5) is 44.5. The minimum absolute atomic E-state index is 0.0447. The molecule has 4 atom stereocenters. The minimum Gasteiger partial charge on any atom is -0.463 e. The summed E-state index contributed by atoms with van der Waals surface area (Å²) in [5.41, 5.74) is 0. The molecule has 9 heteroatoms. The van der Waals surface area contributed by atoms with Crippen molar-refractivity contribution in [3.63, 3.8) is 0 Å². The van der Waals surface area contributed by atoms with Gasteiger partial charge in [0.25, 0.3) is 0 Å². The summed E-state index contributed by atoms with van der Waals surface area (Å²) in [6, 6.07) is 0. The summed E-state index contributed by atoms with van der Waals surface area (Å²) in [6.07, 6.45) is -3.73. The number of carbonyl (C=O) groups excluding carboxylic acids is 4. The molecule has 0 radical (unpaired) electrons. The number of ether oxygens (including phenoxy) is 5. The molecule has 0 unspecified atom stereocenters. The molecule has 0 aliphatic carbocycles. The predicted molar refractivity (Wildman–Crippen MR) is 72.8 cm³/mol. The molecule has 0 aromatic rings. The van der Waals surface area contributed by atoms with Crippen LogP contribution < -0.4 is 0 Å². The minimum atomic E-state index is -1.18. The lowest BCUT2D eigenvalue weighted by atomic mass is 10.0. The summed E-state index contributed by atoms with van der Waals surface area (Å²) in [5.74, 6) is -2.35. The zero-order valence-corrected chi connectivity index (χ0v) is 13.4. The lowest BCUT2D eigenvalue weighted by Gasteiger charge is -2.39. The Kier molecular flexibility index (Phi) is 6.95. The van der Waals surface area contributed by atoms with E-state index in [2.05, 4.69) is 0 Å². The van der Waals surface area contributed by atoms with Crippen molar-refractivity contribution in [2.75, 3.05) is 6.61 Å². The molecule has 0 aromatic carbocycles. The SMILES string of the molecule is CC(=O)OC[C@H]1O[C@H](OC(C)=O)[C@H](OC(C)=O)C[C@@H]1OC(C)=O. The van der Waals surface area contributed by atoms with Crippen LogP contribution in [0.4, 0.5) is 0 Å². The molecule has 0 N–H and O–H groups in total. The Labute approximate surface area is 133 Å². The van der Waals surface area contributed by atoms with E-state index in [9.17, 15) is 19.2 Å². The van der Waals surface area contributed by atoms with Gasteiger partial charge in [0.2, 0.25) is 6.29 Å². The lowest BCUT2D eigenvalue weighted by molar-refractivity contribution is -0.270. The molecular weight excluding hydrogens is 312 g/mol. The third-order valence-electron chi connectivity index (χ3n) is 2.86. The molecule has 0 saturated carbocycles. The lowest BCUT2D eigenvalue weighted by Crippen LogP contribution is -2.53. The quantitative estimate of drug-likeness (QED) is 0.510. The summed E-state index contributed by atoms with van der Waals surface area (Å²) < 4.78 is 25.5. The van der Waals surface area contributed by atoms with Gasteiger partial charge in [-0.1, -0.05) is 0 Å². The summed E-state index contributed by atoms with van der Waals surface area (Å²) in [6.45, 7) is 4.60. The van der Waals surface area contributed by atoms with Gasteiger partial charge in [-0.2, -0.15) is 0 Å². The third kappa shape index (κ3) is 6.64. The summed E-state index contributed by atoms with van der Waals surface area (Å²) >= 11 is 0. The fourth-order valence-corrected chi connectivity index (χ4v) is 2.11. The van der Waals surface area contributed by atoms with Gasteiger partial charge in [0.05, 0.1) is 0 Å². The average Bonchev–Trinajstić information content (AvgIpc) is 2.38. The van der Waals surface area contributed by atoms with Gasteiger partial charge >= 0.3 is 23.9 Å². The highest BCUT2D eigenvalue weighted by Crippen LogP contribution is 2.26. The molecule has 0 aromatic heterocycles. The third-order valence-corrected chi connectivity index (χ3v) is 2.86. The molecule has 130 valence electrons. The first kappa shape index (κ1) is 18.9. The summed E-state index contributed by atoms with van der Waals surface area (Å²) in [5, 5.41) is 0. The van der Waals surface area contributed by atoms with Gasteiger partial charge in [-0.05, 0) is 0 Å². The van der Waals surface area contributed by atoms with Crippen LogP contribution in [0, 0.1) is 0 Å². The van der Waals surface area contributed by atoms with Crippen molar-refractivity contribution in [2.24, 2.45) is 0 Å². The zero-order valence-electron chi connectivity index (χ0n) is 13.4. The van der Waals surface area contributed by atoms with E-state index >= 15 is 0 Å². The maximum Gasteiger partial charge on any atom is 0.305 e. The molecule has 1 rings (SSSR count). The molecule has 9 nitrogen and oxygen atoms in total. The van der Waals surface area contributed by atoms with E-state index in [0.29, 0.717) is 0 Å². The maximum atomic E-state index is 11.2. The number of hydrogen-bond donors (Lipinski definition) is 0. The molecule has 23 heavy (non-hydrogen) atoms. The van der Waals surface area contributed by atoms with Crippen LogP contribution in [0.25, 0.3) is 0 Å². The van der Waals surface area contributed by atoms with Crippen molar-refractivity contribution >= 4 is 23.9 Å². The second-order valence-corrected chi connectivity index (χ2v) is 4.99. The first-order valence-electron chi connectivity index (χ1n) is 6.99. The van der Waals surface area contributed by atoms with Crippen LogP contribution in [-0.2, 0) is 42.9 Å². The molecule has 1 fully saturated rings. The number of carbonyl (C=O) groups is 4. The van der Waals surface area contributed by atoms with Gasteiger partial charge in [-0.25, -0.2) is 0 Å². The first-order valence-corrected chi connectivity index (χ1v) is 6.99. The van der Waals surface area contributed by atoms with E-state index in [1.807, 2.05) is 0 Å². The Hall–Kier alpha value is -2.16. The molecular formula is C14H20O9. The van der Waals surface area contributed by atoms with Crippen molar-refractivity contribution in [3.05, 3.63) is 0 Å². The largest absolute Gasteiger partial charge is 0.463 e. The van der Waals surface area contributed by atoms with Crippen LogP contribution >= 0.6 is 0 Å². The van der Waals surface area contributed by atoms with Crippen LogP contribution in [0.3, 0.4) is 0 Å². The fourth-order valence-electron chi connectivity index (χ4n) is 2.11. The van der Waals surface area contributed by atoms with Crippen molar-refractivity contribution in [2.45, 2.75) is 58.7 Å². The van der Waals surface area contributed by atoms with Gasteiger partial charge in [-0.3, -0.25) is 19.2 Å². The van der Waals surface area contributed by atoms with E-state index in [1.54, 1.807) is 0 Å². The van der Waals surface area contributed by atoms with Crippen LogP contribution in [0.1, 0.15) is 34.1 Å². The van der Waals surface area contributed by atoms with Gasteiger partial charge in [0, 0.05) is 34.1 Å². The van der Waals surface area contributed by atoms with E-state index in [1.165, 1.54) is 27.7 Å². The van der Waals surface area contributed by atoms with Crippen LogP contribution in [0.5, 0.6) is 0 Å². The van der Waals surface area contributed by atoms with Gasteiger partial charge in [0.15, 0.2) is 6.10 Å². The monoisotopic (exact) mass is 332 g/mol. The standard InChI is InChI=1S/C14H20O9/c1-7(15)19-6-13-11(20-8(2)16)5-12(21-9(3)17)14(23-13)22-10(4)18/h11-14H,5-6H2,1-4H3/t11-,12+,13+,14-/m0/s1. The topological polar surface area (TPSA) is 114 Å². The number of esters is 4. The second-order valence-electron chi connectivity index (χ2n) is 4.99. The highest BCUT2D eigenvalue weighted by molar-refractivity contribution is 5.68. The normalized spacial score (nSPS) is 26.8. The Bertz CT molecular complexity index is 473. The molecule has 0 amide bonds. The highest BCUT2D eigenvalue weighted by Gasteiger charge is 2.43. The predicted octanol–water partition coefficient (Wildman–Crippen LogP) is 0.0910. The number of hydrogen-bond acceptors (Lipinski definition) is 9. The van der Waals surface area contributed by atoms with E-state index in [4.69, 9.17) is 23.7 Å². The number of rotatable bonds is 5. The van der Waals surface area contributed by atoms with Crippen LogP contribution in [0.2, 0.25) is 0 Å².